The highest BCUT2D eigenvalue weighted by molar-refractivity contribution is 5.71. The van der Waals surface area contributed by atoms with Gasteiger partial charge < -0.3 is 5.11 Å². The van der Waals surface area contributed by atoms with Crippen molar-refractivity contribution in [2.24, 2.45) is 39.4 Å². The summed E-state index contributed by atoms with van der Waals surface area (Å²) in [4.78, 5) is 13.1. The summed E-state index contributed by atoms with van der Waals surface area (Å²) >= 11 is 0. The average Bonchev–Trinajstić information content (AvgIpc) is 2.84. The third-order valence-corrected chi connectivity index (χ3v) is 11.7. The molecular formula is C31H62O2. The molecule has 0 saturated carbocycles. The molecule has 0 spiro atoms. The van der Waals surface area contributed by atoms with E-state index in [9.17, 15) is 9.90 Å². The number of carboxylic acids is 1. The minimum Gasteiger partial charge on any atom is -0.481 e. The number of rotatable bonds is 18. The van der Waals surface area contributed by atoms with Crippen LogP contribution >= 0.6 is 0 Å². The van der Waals surface area contributed by atoms with Gasteiger partial charge in [-0.2, -0.15) is 0 Å². The molecule has 0 bridgehead atoms. The Balaban J connectivity index is 7.20. The van der Waals surface area contributed by atoms with Crippen molar-refractivity contribution in [3.05, 3.63) is 0 Å². The van der Waals surface area contributed by atoms with E-state index in [4.69, 9.17) is 0 Å². The van der Waals surface area contributed by atoms with Crippen LogP contribution < -0.4 is 0 Å². The highest BCUT2D eigenvalue weighted by Crippen LogP contribution is 2.66. The maximum Gasteiger partial charge on any atom is 0.307 e. The van der Waals surface area contributed by atoms with Crippen LogP contribution in [0.1, 0.15) is 154 Å². The zero-order valence-corrected chi connectivity index (χ0v) is 24.9. The summed E-state index contributed by atoms with van der Waals surface area (Å²) < 4.78 is 0. The van der Waals surface area contributed by atoms with Crippen LogP contribution in [-0.2, 0) is 4.79 Å². The summed E-state index contributed by atoms with van der Waals surface area (Å²) in [5, 5.41) is 10.8. The number of aliphatic carboxylic acids is 1. The predicted molar refractivity (Wildman–Crippen MR) is 147 cm³/mol. The summed E-state index contributed by atoms with van der Waals surface area (Å²) in [5.74, 6) is 0.307. The first kappa shape index (κ1) is 32.5. The molecule has 2 nitrogen and oxygen atoms in total. The standard InChI is InChI=1S/C31H62O2/c1-13-25(14-2)29(17-5,18-6)24(11)30(19-7,20-8)31(21-9,22-10)26(27(32)33)23-28(12,15-3)16-4/h24-26H,13-23H2,1-12H3,(H,32,33). The molecule has 2 unspecified atom stereocenters. The fourth-order valence-corrected chi connectivity index (χ4v) is 8.79. The van der Waals surface area contributed by atoms with Crippen LogP contribution in [0.15, 0.2) is 0 Å². The number of hydrogen-bond acceptors (Lipinski definition) is 1. The van der Waals surface area contributed by atoms with Crippen molar-refractivity contribution >= 4 is 5.97 Å². The monoisotopic (exact) mass is 466 g/mol. The van der Waals surface area contributed by atoms with Crippen LogP contribution in [-0.4, -0.2) is 11.1 Å². The van der Waals surface area contributed by atoms with Gasteiger partial charge >= 0.3 is 5.97 Å². The summed E-state index contributed by atoms with van der Waals surface area (Å²) in [7, 11) is 0. The van der Waals surface area contributed by atoms with Crippen molar-refractivity contribution in [1.82, 2.24) is 0 Å². The molecule has 0 amide bonds. The second-order valence-electron chi connectivity index (χ2n) is 11.5. The lowest BCUT2D eigenvalue weighted by Gasteiger charge is -2.62. The average molecular weight is 467 g/mol. The van der Waals surface area contributed by atoms with Gasteiger partial charge in [0.2, 0.25) is 0 Å². The van der Waals surface area contributed by atoms with E-state index in [-0.39, 0.29) is 27.6 Å². The van der Waals surface area contributed by atoms with Crippen LogP contribution in [0.3, 0.4) is 0 Å². The molecule has 0 aromatic carbocycles. The molecule has 33 heavy (non-hydrogen) atoms. The second kappa shape index (κ2) is 13.5. The molecule has 0 fully saturated rings. The molecule has 1 N–H and O–H groups in total. The fourth-order valence-electron chi connectivity index (χ4n) is 8.79. The molecule has 0 aromatic heterocycles. The lowest BCUT2D eigenvalue weighted by atomic mass is 9.42. The van der Waals surface area contributed by atoms with E-state index < -0.39 is 5.97 Å². The Morgan fingerprint density at radius 1 is 0.667 bits per heavy atom. The predicted octanol–water partition coefficient (Wildman–Crippen LogP) is 10.4. The van der Waals surface area contributed by atoms with Crippen LogP contribution in [0.2, 0.25) is 0 Å². The molecule has 0 aliphatic rings. The van der Waals surface area contributed by atoms with Gasteiger partial charge in [-0.25, -0.2) is 0 Å². The first-order valence-corrected chi connectivity index (χ1v) is 14.7. The quantitative estimate of drug-likeness (QED) is 0.218. The highest BCUT2D eigenvalue weighted by Gasteiger charge is 2.60. The van der Waals surface area contributed by atoms with Crippen molar-refractivity contribution in [3.8, 4) is 0 Å². The van der Waals surface area contributed by atoms with Gasteiger partial charge in [0.15, 0.2) is 0 Å². The largest absolute Gasteiger partial charge is 0.481 e. The minimum atomic E-state index is -0.563. The zero-order valence-electron chi connectivity index (χ0n) is 24.9. The Bertz CT molecular complexity index is 543. The maximum absolute atomic E-state index is 13.1. The fraction of sp³-hybridized carbons (Fsp3) is 0.968. The van der Waals surface area contributed by atoms with E-state index in [0.29, 0.717) is 11.8 Å². The lowest BCUT2D eigenvalue weighted by molar-refractivity contribution is -0.173. The van der Waals surface area contributed by atoms with Crippen LogP contribution in [0.25, 0.3) is 0 Å². The van der Waals surface area contributed by atoms with Gasteiger partial charge in [-0.3, -0.25) is 4.79 Å². The van der Waals surface area contributed by atoms with Gasteiger partial charge in [-0.05, 0) is 78.4 Å². The normalized spacial score (nSPS) is 15.7. The van der Waals surface area contributed by atoms with Crippen molar-refractivity contribution < 1.29 is 9.90 Å². The summed E-state index contributed by atoms with van der Waals surface area (Å²) in [6.45, 7) is 28.1. The molecule has 0 radical (unpaired) electrons. The van der Waals surface area contributed by atoms with Gasteiger partial charge in [0.25, 0.3) is 0 Å². The van der Waals surface area contributed by atoms with Crippen molar-refractivity contribution in [2.75, 3.05) is 0 Å². The van der Waals surface area contributed by atoms with Gasteiger partial charge in [-0.1, -0.05) is 109 Å². The summed E-state index contributed by atoms with van der Waals surface area (Å²) in [6.07, 6.45) is 11.7. The van der Waals surface area contributed by atoms with Crippen molar-refractivity contribution in [3.63, 3.8) is 0 Å². The van der Waals surface area contributed by atoms with Gasteiger partial charge in [-0.15, -0.1) is 0 Å². The van der Waals surface area contributed by atoms with Crippen LogP contribution in [0, 0.1) is 39.4 Å². The van der Waals surface area contributed by atoms with E-state index in [0.717, 1.165) is 44.9 Å². The lowest BCUT2D eigenvalue weighted by Crippen LogP contribution is -2.57. The van der Waals surface area contributed by atoms with E-state index in [2.05, 4.69) is 83.1 Å². The third-order valence-electron chi connectivity index (χ3n) is 11.7. The van der Waals surface area contributed by atoms with Gasteiger partial charge in [0.1, 0.15) is 0 Å². The van der Waals surface area contributed by atoms with E-state index in [1.165, 1.54) is 25.7 Å². The van der Waals surface area contributed by atoms with Gasteiger partial charge in [0.05, 0.1) is 5.92 Å². The first-order valence-electron chi connectivity index (χ1n) is 14.7. The molecule has 0 heterocycles. The Hall–Kier alpha value is -0.530. The Labute approximate surface area is 209 Å². The summed E-state index contributed by atoms with van der Waals surface area (Å²) in [5.41, 5.74) is 0.148. The topological polar surface area (TPSA) is 37.3 Å². The molecule has 0 aromatic rings. The van der Waals surface area contributed by atoms with Crippen molar-refractivity contribution in [1.29, 1.82) is 0 Å². The Kier molecular flexibility index (Phi) is 13.3. The van der Waals surface area contributed by atoms with Crippen LogP contribution in [0.4, 0.5) is 0 Å². The van der Waals surface area contributed by atoms with Gasteiger partial charge in [0, 0.05) is 0 Å². The Morgan fingerprint density at radius 3 is 1.30 bits per heavy atom. The molecule has 2 atom stereocenters. The smallest absolute Gasteiger partial charge is 0.307 e. The molecular weight excluding hydrogens is 404 g/mol. The third kappa shape index (κ3) is 5.66. The Morgan fingerprint density at radius 2 is 1.06 bits per heavy atom. The number of carbonyl (C=O) groups is 1. The number of hydrogen-bond donors (Lipinski definition) is 1. The number of carboxylic acid groups (broad SMARTS) is 1. The SMILES string of the molecule is CCC(CC)C(CC)(CC)C(C)C(CC)(CC)C(CC)(CC)C(CC(C)(CC)CC)C(=O)O. The minimum absolute atomic E-state index is 0.0105. The van der Waals surface area contributed by atoms with E-state index >= 15 is 0 Å². The van der Waals surface area contributed by atoms with Crippen molar-refractivity contribution in [2.45, 2.75) is 154 Å². The summed E-state index contributed by atoms with van der Waals surface area (Å²) in [6, 6.07) is 0. The molecule has 0 rings (SSSR count). The molecule has 2 heteroatoms. The maximum atomic E-state index is 13.1. The second-order valence-corrected chi connectivity index (χ2v) is 11.5. The zero-order chi connectivity index (χ0) is 26.1. The molecule has 0 aliphatic carbocycles. The first-order chi connectivity index (χ1) is 15.4. The van der Waals surface area contributed by atoms with E-state index in [1.807, 2.05) is 0 Å². The highest BCUT2D eigenvalue weighted by atomic mass is 16.4. The van der Waals surface area contributed by atoms with E-state index in [1.54, 1.807) is 0 Å². The van der Waals surface area contributed by atoms with Crippen LogP contribution in [0.5, 0.6) is 0 Å². The molecule has 0 aliphatic heterocycles. The molecule has 198 valence electrons. The molecule has 0 saturated heterocycles.